The van der Waals surface area contributed by atoms with E-state index in [9.17, 15) is 13.6 Å². The summed E-state index contributed by atoms with van der Waals surface area (Å²) in [4.78, 5) is 12.2. The molecule has 1 fully saturated rings. The van der Waals surface area contributed by atoms with Gasteiger partial charge in [-0.3, -0.25) is 4.79 Å². The highest BCUT2D eigenvalue weighted by Crippen LogP contribution is 2.26. The molecule has 122 valence electrons. The summed E-state index contributed by atoms with van der Waals surface area (Å²) in [6.07, 6.45) is 5.77. The van der Waals surface area contributed by atoms with Crippen molar-refractivity contribution in [3.63, 3.8) is 0 Å². The minimum atomic E-state index is -2.87. The molecule has 0 spiro atoms. The maximum Gasteiger partial charge on any atom is 0.387 e. The van der Waals surface area contributed by atoms with E-state index in [0.717, 1.165) is 12.8 Å². The van der Waals surface area contributed by atoms with Gasteiger partial charge in [-0.25, -0.2) is 0 Å². The molecule has 1 amide bonds. The average molecular weight is 312 g/mol. The van der Waals surface area contributed by atoms with Gasteiger partial charge in [-0.1, -0.05) is 19.3 Å². The molecule has 6 heteroatoms. The average Bonchev–Trinajstić information content (AvgIpc) is 2.53. The summed E-state index contributed by atoms with van der Waals surface area (Å²) in [6.45, 7) is -2.46. The first-order chi connectivity index (χ1) is 10.6. The van der Waals surface area contributed by atoms with Crippen LogP contribution in [0.1, 0.15) is 42.5 Å². The van der Waals surface area contributed by atoms with Crippen molar-refractivity contribution in [3.8, 4) is 5.75 Å². The normalized spacial score (nSPS) is 17.3. The van der Waals surface area contributed by atoms with Crippen LogP contribution in [0, 0.1) is 5.92 Å². The number of amides is 1. The Hall–Kier alpha value is -1.69. The third-order valence-corrected chi connectivity index (χ3v) is 4.13. The highest BCUT2D eigenvalue weighted by molar-refractivity contribution is 5.94. The van der Waals surface area contributed by atoms with Crippen LogP contribution in [-0.4, -0.2) is 25.1 Å². The van der Waals surface area contributed by atoms with Gasteiger partial charge in [0.05, 0.1) is 0 Å². The SMILES string of the molecule is NCC(NC(=O)c1ccc(OC(F)F)cc1)C1CCCCC1. The molecule has 1 atom stereocenters. The largest absolute Gasteiger partial charge is 0.435 e. The van der Waals surface area contributed by atoms with Crippen molar-refractivity contribution < 1.29 is 18.3 Å². The van der Waals surface area contributed by atoms with Crippen LogP contribution in [-0.2, 0) is 0 Å². The van der Waals surface area contributed by atoms with Crippen molar-refractivity contribution in [1.82, 2.24) is 5.32 Å². The fourth-order valence-electron chi connectivity index (χ4n) is 2.95. The number of carbonyl (C=O) groups excluding carboxylic acids is 1. The Balaban J connectivity index is 1.94. The van der Waals surface area contributed by atoms with Crippen LogP contribution >= 0.6 is 0 Å². The first-order valence-electron chi connectivity index (χ1n) is 7.66. The summed E-state index contributed by atoms with van der Waals surface area (Å²) in [7, 11) is 0. The van der Waals surface area contributed by atoms with Crippen LogP contribution in [0.2, 0.25) is 0 Å². The summed E-state index contributed by atoms with van der Waals surface area (Å²) >= 11 is 0. The van der Waals surface area contributed by atoms with Crippen molar-refractivity contribution >= 4 is 5.91 Å². The molecule has 1 aliphatic rings. The molecule has 0 bridgehead atoms. The van der Waals surface area contributed by atoms with Crippen LogP contribution in [0.3, 0.4) is 0 Å². The lowest BCUT2D eigenvalue weighted by molar-refractivity contribution is -0.0498. The topological polar surface area (TPSA) is 64.3 Å². The van der Waals surface area contributed by atoms with Gasteiger partial charge in [0, 0.05) is 18.2 Å². The number of hydrogen-bond acceptors (Lipinski definition) is 3. The molecule has 0 aliphatic heterocycles. The zero-order valence-electron chi connectivity index (χ0n) is 12.4. The molecule has 1 aliphatic carbocycles. The fourth-order valence-corrected chi connectivity index (χ4v) is 2.95. The standard InChI is InChI=1S/C16H22F2N2O2/c17-16(18)22-13-8-6-12(7-9-13)15(21)20-14(10-19)11-4-2-1-3-5-11/h6-9,11,14,16H,1-5,10,19H2,(H,20,21). The minimum Gasteiger partial charge on any atom is -0.435 e. The Kier molecular flexibility index (Phi) is 6.12. The van der Waals surface area contributed by atoms with Gasteiger partial charge in [0.2, 0.25) is 0 Å². The first kappa shape index (κ1) is 16.7. The third kappa shape index (κ3) is 4.66. The van der Waals surface area contributed by atoms with E-state index in [4.69, 9.17) is 5.73 Å². The van der Waals surface area contributed by atoms with E-state index in [-0.39, 0.29) is 17.7 Å². The Morgan fingerprint density at radius 3 is 2.41 bits per heavy atom. The molecule has 1 unspecified atom stereocenters. The second-order valence-corrected chi connectivity index (χ2v) is 5.62. The van der Waals surface area contributed by atoms with Crippen LogP contribution in [0.25, 0.3) is 0 Å². The van der Waals surface area contributed by atoms with E-state index in [2.05, 4.69) is 10.1 Å². The van der Waals surface area contributed by atoms with Gasteiger partial charge in [0.1, 0.15) is 5.75 Å². The molecule has 0 saturated heterocycles. The number of ether oxygens (including phenoxy) is 1. The van der Waals surface area contributed by atoms with Gasteiger partial charge < -0.3 is 15.8 Å². The zero-order chi connectivity index (χ0) is 15.9. The van der Waals surface area contributed by atoms with E-state index in [1.54, 1.807) is 0 Å². The smallest absolute Gasteiger partial charge is 0.387 e. The highest BCUT2D eigenvalue weighted by atomic mass is 19.3. The zero-order valence-corrected chi connectivity index (χ0v) is 12.4. The molecule has 0 radical (unpaired) electrons. The lowest BCUT2D eigenvalue weighted by Gasteiger charge is -2.30. The van der Waals surface area contributed by atoms with Crippen molar-refractivity contribution in [2.24, 2.45) is 11.7 Å². The number of nitrogens with two attached hydrogens (primary N) is 1. The lowest BCUT2D eigenvalue weighted by atomic mass is 9.84. The molecule has 2 rings (SSSR count). The van der Waals surface area contributed by atoms with Crippen LogP contribution in [0.4, 0.5) is 8.78 Å². The Labute approximate surface area is 129 Å². The van der Waals surface area contributed by atoms with E-state index in [1.165, 1.54) is 43.5 Å². The Bertz CT molecular complexity index is 474. The van der Waals surface area contributed by atoms with Gasteiger partial charge in [-0.15, -0.1) is 0 Å². The molecule has 0 aromatic heterocycles. The van der Waals surface area contributed by atoms with Crippen molar-refractivity contribution in [1.29, 1.82) is 0 Å². The minimum absolute atomic E-state index is 0.0363. The molecule has 1 saturated carbocycles. The van der Waals surface area contributed by atoms with Crippen LogP contribution < -0.4 is 15.8 Å². The number of benzene rings is 1. The predicted octanol–water partition coefficient (Wildman–Crippen LogP) is 2.93. The molecular weight excluding hydrogens is 290 g/mol. The maximum atomic E-state index is 12.2. The molecule has 4 nitrogen and oxygen atoms in total. The second kappa shape index (κ2) is 8.08. The van der Waals surface area contributed by atoms with Crippen molar-refractivity contribution in [2.75, 3.05) is 6.54 Å². The number of carbonyl (C=O) groups is 1. The van der Waals surface area contributed by atoms with Crippen LogP contribution in [0.15, 0.2) is 24.3 Å². The second-order valence-electron chi connectivity index (χ2n) is 5.62. The third-order valence-electron chi connectivity index (χ3n) is 4.13. The van der Waals surface area contributed by atoms with E-state index >= 15 is 0 Å². The number of alkyl halides is 2. The molecular formula is C16H22F2N2O2. The molecule has 1 aromatic carbocycles. The summed E-state index contributed by atoms with van der Waals surface area (Å²) in [5.41, 5.74) is 6.20. The fraction of sp³-hybridized carbons (Fsp3) is 0.562. The Morgan fingerprint density at radius 1 is 1.23 bits per heavy atom. The number of halogens is 2. The van der Waals surface area contributed by atoms with Gasteiger partial charge in [-0.2, -0.15) is 8.78 Å². The van der Waals surface area contributed by atoms with E-state index in [0.29, 0.717) is 18.0 Å². The van der Waals surface area contributed by atoms with E-state index in [1.807, 2.05) is 0 Å². The van der Waals surface area contributed by atoms with Crippen molar-refractivity contribution in [2.45, 2.75) is 44.8 Å². The summed E-state index contributed by atoms with van der Waals surface area (Å²) in [5.74, 6) is 0.225. The maximum absolute atomic E-state index is 12.2. The first-order valence-corrected chi connectivity index (χ1v) is 7.66. The number of rotatable bonds is 6. The Morgan fingerprint density at radius 2 is 1.86 bits per heavy atom. The quantitative estimate of drug-likeness (QED) is 0.849. The monoisotopic (exact) mass is 312 g/mol. The molecule has 22 heavy (non-hydrogen) atoms. The lowest BCUT2D eigenvalue weighted by Crippen LogP contribution is -2.45. The van der Waals surface area contributed by atoms with Gasteiger partial charge >= 0.3 is 6.61 Å². The van der Waals surface area contributed by atoms with Crippen molar-refractivity contribution in [3.05, 3.63) is 29.8 Å². The van der Waals surface area contributed by atoms with Crippen LogP contribution in [0.5, 0.6) is 5.75 Å². The summed E-state index contributed by atoms with van der Waals surface area (Å²) in [6, 6.07) is 5.63. The van der Waals surface area contributed by atoms with Gasteiger partial charge in [0.15, 0.2) is 0 Å². The number of hydrogen-bond donors (Lipinski definition) is 2. The molecule has 3 N–H and O–H groups in total. The highest BCUT2D eigenvalue weighted by Gasteiger charge is 2.24. The van der Waals surface area contributed by atoms with Gasteiger partial charge in [-0.05, 0) is 43.0 Å². The summed E-state index contributed by atoms with van der Waals surface area (Å²) < 4.78 is 28.4. The molecule has 1 aromatic rings. The van der Waals surface area contributed by atoms with E-state index < -0.39 is 6.61 Å². The molecule has 0 heterocycles. The van der Waals surface area contributed by atoms with Gasteiger partial charge in [0.25, 0.3) is 5.91 Å². The number of nitrogens with one attached hydrogen (secondary N) is 1. The predicted molar refractivity (Wildman–Crippen MR) is 80.0 cm³/mol. The summed E-state index contributed by atoms with van der Waals surface area (Å²) in [5, 5.41) is 2.96.